The quantitative estimate of drug-likeness (QED) is 0.571. The van der Waals surface area contributed by atoms with Gasteiger partial charge in [0.25, 0.3) is 5.91 Å². The molecule has 1 N–H and O–H groups in total. The first-order chi connectivity index (χ1) is 14.1. The zero-order valence-corrected chi connectivity index (χ0v) is 17.4. The smallest absolute Gasteiger partial charge is 0.349 e. The maximum Gasteiger partial charge on any atom is 0.349 e. The molecule has 156 valence electrons. The lowest BCUT2D eigenvalue weighted by atomic mass is 9.76. The molecule has 2 aromatic heterocycles. The average molecular weight is 419 g/mol. The van der Waals surface area contributed by atoms with Crippen LogP contribution in [0, 0.1) is 5.41 Å². The number of nitrogens with zero attached hydrogens (tertiary/aromatic N) is 3. The molecule has 2 aliphatic heterocycles. The van der Waals surface area contributed by atoms with E-state index in [1.165, 1.54) is 17.5 Å². The summed E-state index contributed by atoms with van der Waals surface area (Å²) in [7, 11) is 0. The lowest BCUT2D eigenvalue weighted by Gasteiger charge is -2.36. The summed E-state index contributed by atoms with van der Waals surface area (Å²) in [5.41, 5.74) is 4.22. The van der Waals surface area contributed by atoms with Gasteiger partial charge in [0.05, 0.1) is 35.3 Å². The minimum Gasteiger partial charge on any atom is -0.461 e. The van der Waals surface area contributed by atoms with Gasteiger partial charge in [0, 0.05) is 32.7 Å². The molecule has 0 aliphatic carbocycles. The van der Waals surface area contributed by atoms with E-state index < -0.39 is 0 Å². The monoisotopic (exact) mass is 418 g/mol. The molecule has 29 heavy (non-hydrogen) atoms. The van der Waals surface area contributed by atoms with E-state index in [-0.39, 0.29) is 17.3 Å². The maximum atomic E-state index is 12.8. The molecule has 0 saturated carbocycles. The van der Waals surface area contributed by atoms with Crippen LogP contribution in [-0.2, 0) is 28.9 Å². The Morgan fingerprint density at radius 3 is 2.97 bits per heavy atom. The Hall–Kier alpha value is -2.26. The molecule has 0 bridgehead atoms. The Kier molecular flexibility index (Phi) is 5.96. The van der Waals surface area contributed by atoms with Gasteiger partial charge in [0.2, 0.25) is 0 Å². The number of nitrogens with one attached hydrogen (secondary N) is 1. The minimum atomic E-state index is -0.346. The number of aromatic nitrogens is 3. The van der Waals surface area contributed by atoms with Crippen molar-refractivity contribution in [3.05, 3.63) is 33.5 Å². The predicted molar refractivity (Wildman–Crippen MR) is 107 cm³/mol. The van der Waals surface area contributed by atoms with Gasteiger partial charge in [-0.3, -0.25) is 14.5 Å². The van der Waals surface area contributed by atoms with E-state index >= 15 is 0 Å². The molecular formula is C20H26N4O4S. The first-order valence-electron chi connectivity index (χ1n) is 10.1. The molecule has 1 amide bonds. The zero-order valence-electron chi connectivity index (χ0n) is 16.6. The van der Waals surface area contributed by atoms with Crippen LogP contribution in [0.5, 0.6) is 0 Å². The van der Waals surface area contributed by atoms with Gasteiger partial charge in [0.1, 0.15) is 4.88 Å². The van der Waals surface area contributed by atoms with E-state index in [9.17, 15) is 9.59 Å². The molecular weight excluding hydrogens is 392 g/mol. The second-order valence-electron chi connectivity index (χ2n) is 7.67. The van der Waals surface area contributed by atoms with Crippen molar-refractivity contribution >= 4 is 23.2 Å². The highest BCUT2D eigenvalue weighted by Gasteiger charge is 2.39. The topological polar surface area (TPSA) is 95.3 Å². The largest absolute Gasteiger partial charge is 0.461 e. The summed E-state index contributed by atoms with van der Waals surface area (Å²) in [6.07, 6.45) is 5.55. The normalized spacial score (nSPS) is 18.2. The summed E-state index contributed by atoms with van der Waals surface area (Å²) in [5, 5.41) is 7.85. The second-order valence-corrected chi connectivity index (χ2v) is 8.56. The number of thiazole rings is 1. The van der Waals surface area contributed by atoms with Crippen LogP contribution >= 0.6 is 11.3 Å². The van der Waals surface area contributed by atoms with E-state index in [0.717, 1.165) is 49.4 Å². The highest BCUT2D eigenvalue weighted by atomic mass is 32.1. The molecule has 1 spiro atoms. The van der Waals surface area contributed by atoms with Gasteiger partial charge < -0.3 is 14.8 Å². The standard InChI is InChI=1S/C20H26N4O4S/c1-2-14-17-15(10-20(12-22-18(17)25)4-8-27-9-5-20)24(23-14)6-3-7-28-19(26)16-11-21-13-29-16/h11,13H,2-10,12H2,1H3,(H,22,25). The van der Waals surface area contributed by atoms with Gasteiger partial charge in [-0.25, -0.2) is 4.79 Å². The highest BCUT2D eigenvalue weighted by Crippen LogP contribution is 2.37. The lowest BCUT2D eigenvalue weighted by molar-refractivity contribution is 0.0152. The van der Waals surface area contributed by atoms with Gasteiger partial charge in [-0.1, -0.05) is 6.92 Å². The molecule has 0 radical (unpaired) electrons. The van der Waals surface area contributed by atoms with Crippen molar-refractivity contribution in [2.45, 2.75) is 45.6 Å². The molecule has 1 fully saturated rings. The SMILES string of the molecule is CCc1nn(CCCOC(=O)c2cncs2)c2c1C(=O)NCC1(CCOCC1)C2. The van der Waals surface area contributed by atoms with Crippen LogP contribution in [0.3, 0.4) is 0 Å². The molecule has 8 nitrogen and oxygen atoms in total. The van der Waals surface area contributed by atoms with Crippen molar-refractivity contribution in [3.8, 4) is 0 Å². The Labute approximate surface area is 173 Å². The highest BCUT2D eigenvalue weighted by molar-refractivity contribution is 7.11. The zero-order chi connectivity index (χ0) is 20.3. The molecule has 2 aromatic rings. The van der Waals surface area contributed by atoms with Crippen LogP contribution in [0.25, 0.3) is 0 Å². The Balaban J connectivity index is 1.47. The number of ether oxygens (including phenoxy) is 2. The number of hydrogen-bond donors (Lipinski definition) is 1. The first kappa shape index (κ1) is 20.0. The molecule has 4 heterocycles. The summed E-state index contributed by atoms with van der Waals surface area (Å²) in [5.74, 6) is -0.371. The molecule has 0 aromatic carbocycles. The average Bonchev–Trinajstić information content (AvgIpc) is 3.36. The molecule has 4 rings (SSSR count). The number of fused-ring (bicyclic) bond motifs is 1. The molecule has 0 atom stereocenters. The maximum absolute atomic E-state index is 12.8. The number of carbonyl (C=O) groups excluding carboxylic acids is 2. The molecule has 1 saturated heterocycles. The van der Waals surface area contributed by atoms with Crippen molar-refractivity contribution in [1.29, 1.82) is 0 Å². The van der Waals surface area contributed by atoms with Crippen molar-refractivity contribution in [3.63, 3.8) is 0 Å². The van der Waals surface area contributed by atoms with Crippen LogP contribution in [0.1, 0.15) is 57.6 Å². The van der Waals surface area contributed by atoms with Crippen LogP contribution in [0.15, 0.2) is 11.7 Å². The third-order valence-corrected chi connectivity index (χ3v) is 6.55. The van der Waals surface area contributed by atoms with Crippen molar-refractivity contribution < 1.29 is 19.1 Å². The second kappa shape index (κ2) is 8.62. The van der Waals surface area contributed by atoms with E-state index in [0.29, 0.717) is 37.4 Å². The van der Waals surface area contributed by atoms with E-state index in [1.54, 1.807) is 5.51 Å². The van der Waals surface area contributed by atoms with Crippen LogP contribution < -0.4 is 5.32 Å². The van der Waals surface area contributed by atoms with Gasteiger partial charge in [-0.05, 0) is 31.1 Å². The summed E-state index contributed by atoms with van der Waals surface area (Å²) in [6, 6.07) is 0. The number of aryl methyl sites for hydroxylation is 2. The molecule has 2 aliphatic rings. The summed E-state index contributed by atoms with van der Waals surface area (Å²) >= 11 is 1.27. The number of carbonyl (C=O) groups is 2. The Morgan fingerprint density at radius 1 is 1.41 bits per heavy atom. The summed E-state index contributed by atoms with van der Waals surface area (Å²) in [6.45, 7) is 5.07. The van der Waals surface area contributed by atoms with E-state index in [1.807, 2.05) is 11.6 Å². The number of amides is 1. The molecule has 0 unspecified atom stereocenters. The Morgan fingerprint density at radius 2 is 2.24 bits per heavy atom. The van der Waals surface area contributed by atoms with Crippen molar-refractivity contribution in [1.82, 2.24) is 20.1 Å². The predicted octanol–water partition coefficient (Wildman–Crippen LogP) is 2.23. The first-order valence-corrected chi connectivity index (χ1v) is 11.0. The number of esters is 1. The third kappa shape index (κ3) is 4.20. The van der Waals surface area contributed by atoms with Gasteiger partial charge >= 0.3 is 5.97 Å². The van der Waals surface area contributed by atoms with Gasteiger partial charge in [0.15, 0.2) is 0 Å². The van der Waals surface area contributed by atoms with Crippen LogP contribution in [0.4, 0.5) is 0 Å². The lowest BCUT2D eigenvalue weighted by Crippen LogP contribution is -2.40. The fourth-order valence-electron chi connectivity index (χ4n) is 4.12. The van der Waals surface area contributed by atoms with Gasteiger partial charge in [-0.15, -0.1) is 11.3 Å². The number of hydrogen-bond acceptors (Lipinski definition) is 7. The van der Waals surface area contributed by atoms with Crippen molar-refractivity contribution in [2.24, 2.45) is 5.41 Å². The van der Waals surface area contributed by atoms with Crippen LogP contribution in [-0.4, -0.2) is 53.0 Å². The van der Waals surface area contributed by atoms with Crippen LogP contribution in [0.2, 0.25) is 0 Å². The fraction of sp³-hybridized carbons (Fsp3) is 0.600. The minimum absolute atomic E-state index is 0.0249. The summed E-state index contributed by atoms with van der Waals surface area (Å²) < 4.78 is 12.8. The fourth-order valence-corrected chi connectivity index (χ4v) is 4.64. The number of rotatable bonds is 6. The van der Waals surface area contributed by atoms with Crippen molar-refractivity contribution in [2.75, 3.05) is 26.4 Å². The van der Waals surface area contributed by atoms with Gasteiger partial charge in [-0.2, -0.15) is 5.10 Å². The molecule has 9 heteroatoms. The summed E-state index contributed by atoms with van der Waals surface area (Å²) in [4.78, 5) is 29.2. The van der Waals surface area contributed by atoms with E-state index in [2.05, 4.69) is 10.3 Å². The Bertz CT molecular complexity index is 871. The third-order valence-electron chi connectivity index (χ3n) is 5.79. The van der Waals surface area contributed by atoms with E-state index in [4.69, 9.17) is 14.6 Å².